The van der Waals surface area contributed by atoms with Gasteiger partial charge in [0.05, 0.1) is 5.75 Å². The third kappa shape index (κ3) is 4.62. The predicted octanol–water partition coefficient (Wildman–Crippen LogP) is 1.26. The number of nitrogens with one attached hydrogen (secondary N) is 1. The van der Waals surface area contributed by atoms with Crippen molar-refractivity contribution >= 4 is 22.6 Å². The monoisotopic (exact) mass is 272 g/mol. The van der Waals surface area contributed by atoms with E-state index < -0.39 is 16.9 Å². The second kappa shape index (κ2) is 6.85. The molecule has 0 spiro atoms. The van der Waals surface area contributed by atoms with Crippen molar-refractivity contribution in [2.45, 2.75) is 0 Å². The molecule has 1 amide bonds. The second-order valence-electron chi connectivity index (χ2n) is 3.39. The minimum absolute atomic E-state index is 0.114. The lowest BCUT2D eigenvalue weighted by Gasteiger charge is -2.04. The third-order valence-electron chi connectivity index (χ3n) is 1.96. The zero-order valence-corrected chi connectivity index (χ0v) is 10.8. The van der Waals surface area contributed by atoms with Crippen molar-refractivity contribution in [3.05, 3.63) is 35.6 Å². The number of nitrogens with zero attached hydrogens (tertiary/aromatic N) is 1. The Labute approximate surface area is 106 Å². The molecule has 1 aromatic rings. The molecule has 1 aromatic carbocycles. The van der Waals surface area contributed by atoms with Crippen molar-refractivity contribution in [1.29, 1.82) is 0 Å². The van der Waals surface area contributed by atoms with E-state index in [-0.39, 0.29) is 11.6 Å². The molecule has 7 heteroatoms. The highest BCUT2D eigenvalue weighted by Crippen LogP contribution is 2.06. The van der Waals surface area contributed by atoms with Crippen LogP contribution in [0.5, 0.6) is 0 Å². The molecule has 0 radical (unpaired) electrons. The minimum atomic E-state index is -1.15. The maximum Gasteiger partial charge on any atom is 0.433 e. The number of oxime groups is 1. The van der Waals surface area contributed by atoms with Crippen LogP contribution in [0.1, 0.15) is 5.56 Å². The molecule has 5 nitrogen and oxygen atoms in total. The van der Waals surface area contributed by atoms with Gasteiger partial charge in [0.1, 0.15) is 11.5 Å². The molecule has 0 saturated carbocycles. The SMILES string of the molecule is CNC(=O)O/N=C(\CS(C)=O)c1ccc(F)cc1. The zero-order valence-electron chi connectivity index (χ0n) is 9.97. The van der Waals surface area contributed by atoms with Crippen LogP contribution in [-0.2, 0) is 15.6 Å². The molecule has 0 saturated heterocycles. The van der Waals surface area contributed by atoms with Crippen LogP contribution in [0.3, 0.4) is 0 Å². The van der Waals surface area contributed by atoms with E-state index in [1.165, 1.54) is 37.6 Å². The fourth-order valence-electron chi connectivity index (χ4n) is 1.14. The number of carbonyl (C=O) groups excluding carboxylic acids is 1. The van der Waals surface area contributed by atoms with E-state index in [4.69, 9.17) is 0 Å². The summed E-state index contributed by atoms with van der Waals surface area (Å²) in [6, 6.07) is 5.47. The topological polar surface area (TPSA) is 67.8 Å². The molecule has 0 bridgehead atoms. The van der Waals surface area contributed by atoms with Crippen LogP contribution >= 0.6 is 0 Å². The van der Waals surface area contributed by atoms with Gasteiger partial charge in [-0.15, -0.1) is 0 Å². The van der Waals surface area contributed by atoms with Gasteiger partial charge in [0, 0.05) is 29.7 Å². The molecule has 0 aliphatic heterocycles. The average Bonchev–Trinajstić information content (AvgIpc) is 2.34. The summed E-state index contributed by atoms with van der Waals surface area (Å²) < 4.78 is 24.0. The van der Waals surface area contributed by atoms with Gasteiger partial charge in [-0.25, -0.2) is 9.18 Å². The lowest BCUT2D eigenvalue weighted by atomic mass is 10.1. The first-order chi connectivity index (χ1) is 8.52. The molecule has 0 fully saturated rings. The Morgan fingerprint density at radius 1 is 1.44 bits per heavy atom. The molecule has 98 valence electrons. The Morgan fingerprint density at radius 2 is 2.06 bits per heavy atom. The van der Waals surface area contributed by atoms with Crippen molar-refractivity contribution < 1.29 is 18.2 Å². The standard InChI is InChI=1S/C11H13FN2O3S/c1-13-11(15)17-14-10(7-18(2)16)8-3-5-9(12)6-4-8/h3-6H,7H2,1-2H3,(H,13,15)/b14-10+. The molecule has 0 aliphatic carbocycles. The highest BCUT2D eigenvalue weighted by atomic mass is 32.2. The number of carbonyl (C=O) groups is 1. The summed E-state index contributed by atoms with van der Waals surface area (Å²) in [5, 5.41) is 5.85. The number of hydrogen-bond acceptors (Lipinski definition) is 4. The number of halogens is 1. The summed E-state index contributed by atoms with van der Waals surface area (Å²) in [7, 11) is 0.242. The minimum Gasteiger partial charge on any atom is -0.323 e. The molecule has 0 heterocycles. The van der Waals surface area contributed by atoms with Crippen LogP contribution in [-0.4, -0.2) is 35.1 Å². The zero-order chi connectivity index (χ0) is 13.5. The number of rotatable bonds is 4. The summed E-state index contributed by atoms with van der Waals surface area (Å²) in [6.07, 6.45) is 0.773. The molecule has 1 unspecified atom stereocenters. The summed E-state index contributed by atoms with van der Waals surface area (Å²) in [4.78, 5) is 15.5. The van der Waals surface area contributed by atoms with E-state index in [1.54, 1.807) is 0 Å². The largest absolute Gasteiger partial charge is 0.433 e. The van der Waals surface area contributed by atoms with Gasteiger partial charge in [-0.05, 0) is 12.1 Å². The van der Waals surface area contributed by atoms with E-state index in [2.05, 4.69) is 15.3 Å². The quantitative estimate of drug-likeness (QED) is 0.510. The molecule has 1 rings (SSSR count). The van der Waals surface area contributed by atoms with Crippen molar-refractivity contribution in [3.8, 4) is 0 Å². The maximum absolute atomic E-state index is 12.8. The van der Waals surface area contributed by atoms with Crippen LogP contribution in [0.2, 0.25) is 0 Å². The van der Waals surface area contributed by atoms with Gasteiger partial charge in [-0.1, -0.05) is 17.3 Å². The lowest BCUT2D eigenvalue weighted by Crippen LogP contribution is -2.19. The summed E-state index contributed by atoms with van der Waals surface area (Å²) in [6.45, 7) is 0. The van der Waals surface area contributed by atoms with Crippen molar-refractivity contribution in [1.82, 2.24) is 5.32 Å². The third-order valence-corrected chi connectivity index (χ3v) is 2.64. The predicted molar refractivity (Wildman–Crippen MR) is 67.4 cm³/mol. The van der Waals surface area contributed by atoms with Crippen molar-refractivity contribution in [3.63, 3.8) is 0 Å². The van der Waals surface area contributed by atoms with Crippen LogP contribution in [0.25, 0.3) is 0 Å². The first kappa shape index (κ1) is 14.3. The Balaban J connectivity index is 2.93. The van der Waals surface area contributed by atoms with E-state index >= 15 is 0 Å². The smallest absolute Gasteiger partial charge is 0.323 e. The molecule has 18 heavy (non-hydrogen) atoms. The Bertz CT molecular complexity index is 474. The molecule has 0 aliphatic rings. The molecular weight excluding hydrogens is 259 g/mol. The fraction of sp³-hybridized carbons (Fsp3) is 0.273. The Kier molecular flexibility index (Phi) is 5.44. The van der Waals surface area contributed by atoms with E-state index in [0.29, 0.717) is 11.3 Å². The summed E-state index contributed by atoms with van der Waals surface area (Å²) >= 11 is 0. The van der Waals surface area contributed by atoms with E-state index in [9.17, 15) is 13.4 Å². The first-order valence-corrected chi connectivity index (χ1v) is 6.77. The number of benzene rings is 1. The Hall–Kier alpha value is -1.76. The highest BCUT2D eigenvalue weighted by molar-refractivity contribution is 7.85. The van der Waals surface area contributed by atoms with Gasteiger partial charge < -0.3 is 5.32 Å². The average molecular weight is 272 g/mol. The van der Waals surface area contributed by atoms with Crippen LogP contribution in [0.15, 0.2) is 29.4 Å². The van der Waals surface area contributed by atoms with Crippen LogP contribution in [0, 0.1) is 5.82 Å². The van der Waals surface area contributed by atoms with Gasteiger partial charge in [0.2, 0.25) is 0 Å². The van der Waals surface area contributed by atoms with Gasteiger partial charge in [0.15, 0.2) is 0 Å². The number of amides is 1. The van der Waals surface area contributed by atoms with Crippen molar-refractivity contribution in [2.24, 2.45) is 5.16 Å². The van der Waals surface area contributed by atoms with Crippen LogP contribution < -0.4 is 5.32 Å². The number of hydrogen-bond donors (Lipinski definition) is 1. The van der Waals surface area contributed by atoms with Crippen molar-refractivity contribution in [2.75, 3.05) is 19.1 Å². The highest BCUT2D eigenvalue weighted by Gasteiger charge is 2.08. The summed E-state index contributed by atoms with van der Waals surface area (Å²) in [5.41, 5.74) is 0.870. The maximum atomic E-state index is 12.8. The van der Waals surface area contributed by atoms with Crippen LogP contribution in [0.4, 0.5) is 9.18 Å². The van der Waals surface area contributed by atoms with Gasteiger partial charge in [-0.3, -0.25) is 9.05 Å². The second-order valence-corrected chi connectivity index (χ2v) is 4.83. The lowest BCUT2D eigenvalue weighted by molar-refractivity contribution is 0.153. The van der Waals surface area contributed by atoms with Gasteiger partial charge in [-0.2, -0.15) is 0 Å². The first-order valence-electron chi connectivity index (χ1n) is 5.04. The van der Waals surface area contributed by atoms with E-state index in [1.807, 2.05) is 0 Å². The molecule has 0 aromatic heterocycles. The van der Waals surface area contributed by atoms with Gasteiger partial charge in [0.25, 0.3) is 0 Å². The van der Waals surface area contributed by atoms with E-state index in [0.717, 1.165) is 0 Å². The fourth-order valence-corrected chi connectivity index (χ4v) is 1.74. The normalized spacial score (nSPS) is 12.9. The molecule has 1 atom stereocenters. The molecular formula is C11H13FN2O3S. The molecule has 1 N–H and O–H groups in total. The summed E-state index contributed by atoms with van der Waals surface area (Å²) in [5.74, 6) is -0.272. The Morgan fingerprint density at radius 3 is 2.56 bits per heavy atom. The van der Waals surface area contributed by atoms with Gasteiger partial charge >= 0.3 is 6.09 Å².